The summed E-state index contributed by atoms with van der Waals surface area (Å²) in [7, 11) is 2.14. The number of fused-ring (bicyclic) bond motifs is 1. The molecule has 0 unspecified atom stereocenters. The summed E-state index contributed by atoms with van der Waals surface area (Å²) in [6.45, 7) is 7.04. The molecule has 4 heterocycles. The molecule has 0 spiro atoms. The van der Waals surface area contributed by atoms with E-state index in [0.717, 1.165) is 79.8 Å². The summed E-state index contributed by atoms with van der Waals surface area (Å²) in [6, 6.07) is 15.5. The molecular formula is C34H41N7O4. The quantitative estimate of drug-likeness (QED) is 0.274. The zero-order valence-electron chi connectivity index (χ0n) is 26.0. The summed E-state index contributed by atoms with van der Waals surface area (Å²) in [4.78, 5) is 39.9. The van der Waals surface area contributed by atoms with Gasteiger partial charge in [-0.3, -0.25) is 4.79 Å². The van der Waals surface area contributed by atoms with E-state index in [1.807, 2.05) is 48.7 Å². The number of likely N-dealkylation sites (N-methyl/N-ethyl adjacent to an activating group) is 1. The van der Waals surface area contributed by atoms with Gasteiger partial charge >= 0.3 is 6.09 Å². The summed E-state index contributed by atoms with van der Waals surface area (Å²) < 4.78 is 10.2. The van der Waals surface area contributed by atoms with E-state index in [9.17, 15) is 9.59 Å². The predicted octanol–water partition coefficient (Wildman–Crippen LogP) is 4.81. The number of hydrogen-bond donors (Lipinski definition) is 2. The Kier molecular flexibility index (Phi) is 9.54. The third-order valence-corrected chi connectivity index (χ3v) is 8.91. The Labute approximate surface area is 263 Å². The Balaban J connectivity index is 1.01. The Hall–Kier alpha value is -4.51. The number of piperazine rings is 1. The van der Waals surface area contributed by atoms with Crippen molar-refractivity contribution >= 4 is 28.7 Å². The minimum absolute atomic E-state index is 0.0873. The molecule has 2 aliphatic rings. The maximum Gasteiger partial charge on any atom is 0.407 e. The van der Waals surface area contributed by atoms with Gasteiger partial charge in [0.2, 0.25) is 0 Å². The van der Waals surface area contributed by atoms with Gasteiger partial charge in [-0.25, -0.2) is 14.8 Å². The molecule has 0 atom stereocenters. The Morgan fingerprint density at radius 1 is 0.956 bits per heavy atom. The lowest BCUT2D eigenvalue weighted by molar-refractivity contribution is 0.0941. The summed E-state index contributed by atoms with van der Waals surface area (Å²) in [5.41, 5.74) is 3.62. The number of nitrogens with zero attached hydrogens (tertiary/aromatic N) is 5. The molecule has 1 saturated heterocycles. The first-order chi connectivity index (χ1) is 21.9. The van der Waals surface area contributed by atoms with Gasteiger partial charge in [-0.15, -0.1) is 0 Å². The molecule has 0 bridgehead atoms. The number of carbonyl (C=O) groups excluding carboxylic acids is 2. The molecule has 1 aliphatic carbocycles. The first-order valence-corrected chi connectivity index (χ1v) is 15.8. The molecular weight excluding hydrogens is 570 g/mol. The number of anilines is 1. The third kappa shape index (κ3) is 7.78. The van der Waals surface area contributed by atoms with Crippen LogP contribution in [0.25, 0.3) is 22.2 Å². The molecule has 3 aromatic heterocycles. The Morgan fingerprint density at radius 2 is 1.69 bits per heavy atom. The van der Waals surface area contributed by atoms with Gasteiger partial charge < -0.3 is 29.7 Å². The van der Waals surface area contributed by atoms with E-state index >= 15 is 0 Å². The van der Waals surface area contributed by atoms with Gasteiger partial charge in [-0.05, 0) is 75.8 Å². The van der Waals surface area contributed by atoms with Gasteiger partial charge in [-0.2, -0.15) is 0 Å². The Bertz CT molecular complexity index is 1610. The topological polar surface area (TPSA) is 126 Å². The molecule has 1 aliphatic heterocycles. The summed E-state index contributed by atoms with van der Waals surface area (Å²) in [6.07, 6.45) is 5.37. The van der Waals surface area contributed by atoms with E-state index in [2.05, 4.69) is 32.6 Å². The molecule has 2 amide bonds. The van der Waals surface area contributed by atoms with Gasteiger partial charge in [0.15, 0.2) is 0 Å². The third-order valence-electron chi connectivity index (χ3n) is 8.91. The van der Waals surface area contributed by atoms with Crippen LogP contribution in [0, 0.1) is 18.8 Å². The van der Waals surface area contributed by atoms with Crippen molar-refractivity contribution in [3.63, 3.8) is 0 Å². The SMILES string of the molecule is Cc1cc(COC(=O)NCC2CCC(CNC(=O)c3cc(-c4ccc(N5CCN(C)CC5)nc4)nc4ccccc34)CC2)no1. The second kappa shape index (κ2) is 14.1. The maximum atomic E-state index is 13.5. The lowest BCUT2D eigenvalue weighted by Crippen LogP contribution is -2.44. The number of rotatable bonds is 9. The molecule has 11 nitrogen and oxygen atoms in total. The molecule has 2 fully saturated rings. The number of pyridine rings is 2. The normalized spacial score (nSPS) is 18.9. The van der Waals surface area contributed by atoms with Crippen LogP contribution in [-0.2, 0) is 11.3 Å². The number of alkyl carbamates (subject to hydrolysis) is 1. The van der Waals surface area contributed by atoms with Gasteiger partial charge in [0.1, 0.15) is 23.9 Å². The summed E-state index contributed by atoms with van der Waals surface area (Å²) >= 11 is 0. The predicted molar refractivity (Wildman–Crippen MR) is 172 cm³/mol. The fourth-order valence-corrected chi connectivity index (χ4v) is 6.15. The van der Waals surface area contributed by atoms with Crippen molar-refractivity contribution in [1.82, 2.24) is 30.7 Å². The number of carbonyl (C=O) groups is 2. The highest BCUT2D eigenvalue weighted by molar-refractivity contribution is 6.07. The van der Waals surface area contributed by atoms with Crippen LogP contribution < -0.4 is 15.5 Å². The lowest BCUT2D eigenvalue weighted by atomic mass is 9.82. The number of aryl methyl sites for hydroxylation is 1. The average Bonchev–Trinajstić information content (AvgIpc) is 3.50. The number of para-hydroxylation sites is 1. The van der Waals surface area contributed by atoms with Gasteiger partial charge in [0.25, 0.3) is 5.91 Å². The van der Waals surface area contributed by atoms with Crippen molar-refractivity contribution in [2.45, 2.75) is 39.2 Å². The average molecular weight is 612 g/mol. The van der Waals surface area contributed by atoms with Gasteiger partial charge in [0.05, 0.1) is 16.8 Å². The lowest BCUT2D eigenvalue weighted by Gasteiger charge is -2.33. The molecule has 2 N–H and O–H groups in total. The van der Waals surface area contributed by atoms with E-state index in [-0.39, 0.29) is 12.5 Å². The highest BCUT2D eigenvalue weighted by Crippen LogP contribution is 2.29. The fourth-order valence-electron chi connectivity index (χ4n) is 6.15. The van der Waals surface area contributed by atoms with E-state index in [0.29, 0.717) is 41.9 Å². The highest BCUT2D eigenvalue weighted by atomic mass is 16.6. The van der Waals surface area contributed by atoms with Crippen molar-refractivity contribution < 1.29 is 18.8 Å². The Morgan fingerprint density at radius 3 is 2.38 bits per heavy atom. The number of ether oxygens (including phenoxy) is 1. The van der Waals surface area contributed by atoms with Crippen LogP contribution in [0.4, 0.5) is 10.6 Å². The molecule has 1 aromatic carbocycles. The van der Waals surface area contributed by atoms with Crippen LogP contribution in [0.1, 0.15) is 47.5 Å². The first-order valence-electron chi connectivity index (χ1n) is 15.8. The van der Waals surface area contributed by atoms with E-state index < -0.39 is 6.09 Å². The first kappa shape index (κ1) is 30.5. The minimum atomic E-state index is -0.448. The molecule has 1 saturated carbocycles. The second-order valence-corrected chi connectivity index (χ2v) is 12.3. The molecule has 45 heavy (non-hydrogen) atoms. The van der Waals surface area contributed by atoms with Crippen molar-refractivity contribution in [3.8, 4) is 11.3 Å². The van der Waals surface area contributed by atoms with Crippen LogP contribution in [0.2, 0.25) is 0 Å². The maximum absolute atomic E-state index is 13.5. The number of hydrogen-bond acceptors (Lipinski definition) is 9. The monoisotopic (exact) mass is 611 g/mol. The standard InChI is InChI=1S/C34H41N7O4/c1-23-17-27(39-45-23)22-44-34(43)37-20-25-9-7-24(8-10-25)19-36-33(42)29-18-31(38-30-6-4-3-5-28(29)30)26-11-12-32(35-21-26)41-15-13-40(2)14-16-41/h3-6,11-12,17-18,21,24-25H,7-10,13-16,19-20,22H2,1-2H3,(H,36,42)(H,37,43). The number of amides is 2. The second-order valence-electron chi connectivity index (χ2n) is 12.3. The van der Waals surface area contributed by atoms with Crippen molar-refractivity contribution in [2.24, 2.45) is 11.8 Å². The van der Waals surface area contributed by atoms with Gasteiger partial charge in [-0.1, -0.05) is 23.4 Å². The smallest absolute Gasteiger partial charge is 0.407 e. The van der Waals surface area contributed by atoms with Crippen molar-refractivity contribution in [2.75, 3.05) is 51.2 Å². The fraction of sp³-hybridized carbons (Fsp3) is 0.441. The summed E-state index contributed by atoms with van der Waals surface area (Å²) in [5, 5.41) is 10.7. The van der Waals surface area contributed by atoms with Crippen LogP contribution in [0.3, 0.4) is 0 Å². The largest absolute Gasteiger partial charge is 0.443 e. The van der Waals surface area contributed by atoms with E-state index in [4.69, 9.17) is 19.2 Å². The van der Waals surface area contributed by atoms with Crippen LogP contribution >= 0.6 is 0 Å². The minimum Gasteiger partial charge on any atom is -0.443 e. The van der Waals surface area contributed by atoms with E-state index in [1.54, 1.807) is 13.0 Å². The number of nitrogens with one attached hydrogen (secondary N) is 2. The van der Waals surface area contributed by atoms with Crippen LogP contribution in [0.15, 0.2) is 59.3 Å². The van der Waals surface area contributed by atoms with Crippen LogP contribution in [0.5, 0.6) is 0 Å². The number of aromatic nitrogens is 3. The molecule has 11 heteroatoms. The van der Waals surface area contributed by atoms with Crippen molar-refractivity contribution in [1.29, 1.82) is 0 Å². The van der Waals surface area contributed by atoms with Crippen LogP contribution in [-0.4, -0.2) is 78.3 Å². The summed E-state index contributed by atoms with van der Waals surface area (Å²) in [5.74, 6) is 2.34. The highest BCUT2D eigenvalue weighted by Gasteiger charge is 2.23. The van der Waals surface area contributed by atoms with Gasteiger partial charge in [0, 0.05) is 62.5 Å². The molecule has 6 rings (SSSR count). The molecule has 0 radical (unpaired) electrons. The molecule has 236 valence electrons. The number of benzene rings is 1. The molecule has 4 aromatic rings. The van der Waals surface area contributed by atoms with Crippen molar-refractivity contribution in [3.05, 3.63) is 71.7 Å². The zero-order valence-corrected chi connectivity index (χ0v) is 26.0. The van der Waals surface area contributed by atoms with E-state index in [1.165, 1.54) is 0 Å². The zero-order chi connectivity index (χ0) is 31.2.